The summed E-state index contributed by atoms with van der Waals surface area (Å²) < 4.78 is 5.01. The van der Waals surface area contributed by atoms with Gasteiger partial charge < -0.3 is 20.1 Å². The number of aliphatic hydroxyl groups excluding tert-OH is 1. The van der Waals surface area contributed by atoms with Crippen molar-refractivity contribution in [3.63, 3.8) is 0 Å². The molecule has 2 N–H and O–H groups in total. The van der Waals surface area contributed by atoms with Gasteiger partial charge in [-0.15, -0.1) is 0 Å². The second kappa shape index (κ2) is 6.83. The van der Waals surface area contributed by atoms with E-state index < -0.39 is 6.10 Å². The molecule has 0 radical (unpaired) electrons. The number of carbonyl (C=O) groups excluding carboxylic acids is 1. The van der Waals surface area contributed by atoms with E-state index >= 15 is 0 Å². The number of amides is 1. The molecule has 0 aromatic carbocycles. The van der Waals surface area contributed by atoms with Gasteiger partial charge in [-0.2, -0.15) is 0 Å². The lowest BCUT2D eigenvalue weighted by Crippen LogP contribution is -2.46. The fourth-order valence-corrected chi connectivity index (χ4v) is 1.95. The number of carbonyl (C=O) groups is 1. The van der Waals surface area contributed by atoms with E-state index in [1.165, 1.54) is 7.11 Å². The van der Waals surface area contributed by atoms with Gasteiger partial charge in [-0.3, -0.25) is 4.79 Å². The maximum atomic E-state index is 11.9. The van der Waals surface area contributed by atoms with Crippen LogP contribution >= 0.6 is 0 Å². The molecule has 1 aliphatic rings. The highest BCUT2D eigenvalue weighted by Gasteiger charge is 2.24. The van der Waals surface area contributed by atoms with Crippen LogP contribution in [0.4, 0.5) is 0 Å². The molecule has 2 atom stereocenters. The maximum absolute atomic E-state index is 11.9. The highest BCUT2D eigenvalue weighted by molar-refractivity contribution is 5.80. The van der Waals surface area contributed by atoms with Crippen LogP contribution in [0.3, 0.4) is 0 Å². The second-order valence-corrected chi connectivity index (χ2v) is 4.18. The first-order valence-corrected chi connectivity index (χ1v) is 5.85. The molecule has 1 rings (SSSR count). The average molecular weight is 230 g/mol. The molecular formula is C11H22N2O3. The Morgan fingerprint density at radius 1 is 1.69 bits per heavy atom. The Morgan fingerprint density at radius 2 is 2.44 bits per heavy atom. The quantitative estimate of drug-likeness (QED) is 0.651. The van der Waals surface area contributed by atoms with Gasteiger partial charge in [0.05, 0.1) is 6.61 Å². The summed E-state index contributed by atoms with van der Waals surface area (Å²) in [6.07, 6.45) is 1.82. The van der Waals surface area contributed by atoms with Gasteiger partial charge in [0.1, 0.15) is 6.10 Å². The van der Waals surface area contributed by atoms with Crippen LogP contribution in [0.15, 0.2) is 0 Å². The Balaban J connectivity index is 2.48. The third kappa shape index (κ3) is 3.73. The normalized spacial score (nSPS) is 22.1. The van der Waals surface area contributed by atoms with Crippen LogP contribution in [0.2, 0.25) is 0 Å². The fourth-order valence-electron chi connectivity index (χ4n) is 1.95. The number of rotatable bonds is 6. The highest BCUT2D eigenvalue weighted by Crippen LogP contribution is 2.08. The molecule has 0 bridgehead atoms. The van der Waals surface area contributed by atoms with Crippen LogP contribution in [-0.2, 0) is 9.53 Å². The Kier molecular flexibility index (Phi) is 5.73. The molecule has 0 aromatic heterocycles. The Labute approximate surface area is 96.8 Å². The number of nitrogens with one attached hydrogen (secondary N) is 1. The molecule has 2 unspecified atom stereocenters. The smallest absolute Gasteiger partial charge is 0.251 e. The van der Waals surface area contributed by atoms with Crippen molar-refractivity contribution in [1.82, 2.24) is 10.2 Å². The monoisotopic (exact) mass is 230 g/mol. The van der Waals surface area contributed by atoms with Gasteiger partial charge >= 0.3 is 0 Å². The van der Waals surface area contributed by atoms with Crippen LogP contribution in [0.1, 0.15) is 19.8 Å². The molecule has 0 spiro atoms. The maximum Gasteiger partial charge on any atom is 0.251 e. The molecule has 0 aromatic rings. The molecule has 1 fully saturated rings. The summed E-state index contributed by atoms with van der Waals surface area (Å²) in [5, 5.41) is 12.3. The first-order valence-electron chi connectivity index (χ1n) is 5.85. The minimum Gasteiger partial charge on any atom is -0.395 e. The van der Waals surface area contributed by atoms with Crippen LogP contribution in [0.25, 0.3) is 0 Å². The van der Waals surface area contributed by atoms with Gasteiger partial charge in [0.15, 0.2) is 0 Å². The zero-order chi connectivity index (χ0) is 12.0. The predicted octanol–water partition coefficient (Wildman–Crippen LogP) is -0.406. The summed E-state index contributed by atoms with van der Waals surface area (Å²) in [4.78, 5) is 13.6. The second-order valence-electron chi connectivity index (χ2n) is 4.18. The standard InChI is InChI=1S/C11H22N2O3/c1-9(16-2)11(15)13(6-7-14)8-10-4-3-5-12-10/h9-10,12,14H,3-8H2,1-2H3. The third-order valence-corrected chi connectivity index (χ3v) is 2.99. The average Bonchev–Trinajstić information content (AvgIpc) is 2.79. The van der Waals surface area contributed by atoms with E-state index in [1.807, 2.05) is 0 Å². The van der Waals surface area contributed by atoms with E-state index in [0.29, 0.717) is 19.1 Å². The van der Waals surface area contributed by atoms with Crippen molar-refractivity contribution in [3.05, 3.63) is 0 Å². The van der Waals surface area contributed by atoms with Gasteiger partial charge in [0, 0.05) is 26.2 Å². The summed E-state index contributed by atoms with van der Waals surface area (Å²) >= 11 is 0. The van der Waals surface area contributed by atoms with Crippen molar-refractivity contribution >= 4 is 5.91 Å². The number of hydrogen-bond acceptors (Lipinski definition) is 4. The largest absolute Gasteiger partial charge is 0.395 e. The number of hydrogen-bond donors (Lipinski definition) is 2. The van der Waals surface area contributed by atoms with E-state index in [9.17, 15) is 4.79 Å². The summed E-state index contributed by atoms with van der Waals surface area (Å²) in [5.74, 6) is -0.0507. The Bertz CT molecular complexity index is 217. The van der Waals surface area contributed by atoms with Crippen molar-refractivity contribution in [2.75, 3.05) is 33.4 Å². The van der Waals surface area contributed by atoms with E-state index in [-0.39, 0.29) is 12.5 Å². The fraction of sp³-hybridized carbons (Fsp3) is 0.909. The molecular weight excluding hydrogens is 208 g/mol. The number of aliphatic hydroxyl groups is 1. The predicted molar refractivity (Wildman–Crippen MR) is 61.2 cm³/mol. The molecule has 16 heavy (non-hydrogen) atoms. The topological polar surface area (TPSA) is 61.8 Å². The number of methoxy groups -OCH3 is 1. The molecule has 0 aliphatic carbocycles. The highest BCUT2D eigenvalue weighted by atomic mass is 16.5. The van der Waals surface area contributed by atoms with Gasteiger partial charge in [-0.1, -0.05) is 0 Å². The minimum atomic E-state index is -0.437. The molecule has 5 heteroatoms. The van der Waals surface area contributed by atoms with E-state index in [0.717, 1.165) is 19.4 Å². The van der Waals surface area contributed by atoms with Gasteiger partial charge in [-0.25, -0.2) is 0 Å². The van der Waals surface area contributed by atoms with Crippen molar-refractivity contribution in [2.45, 2.75) is 31.9 Å². The first-order chi connectivity index (χ1) is 7.69. The molecule has 0 saturated carbocycles. The van der Waals surface area contributed by atoms with E-state index in [1.54, 1.807) is 11.8 Å². The van der Waals surface area contributed by atoms with Crippen LogP contribution in [0, 0.1) is 0 Å². The zero-order valence-corrected chi connectivity index (χ0v) is 10.1. The lowest BCUT2D eigenvalue weighted by molar-refractivity contribution is -0.141. The molecule has 5 nitrogen and oxygen atoms in total. The minimum absolute atomic E-state index is 0.00507. The number of ether oxygens (including phenoxy) is 1. The van der Waals surface area contributed by atoms with E-state index in [2.05, 4.69) is 5.32 Å². The van der Waals surface area contributed by atoms with Crippen LogP contribution in [-0.4, -0.2) is 61.4 Å². The lowest BCUT2D eigenvalue weighted by Gasteiger charge is -2.27. The molecule has 94 valence electrons. The summed E-state index contributed by atoms with van der Waals surface area (Å²) in [5.41, 5.74) is 0. The molecule has 1 heterocycles. The van der Waals surface area contributed by atoms with Gasteiger partial charge in [-0.05, 0) is 26.3 Å². The summed E-state index contributed by atoms with van der Waals surface area (Å²) in [6.45, 7) is 3.78. The van der Waals surface area contributed by atoms with E-state index in [4.69, 9.17) is 9.84 Å². The summed E-state index contributed by atoms with van der Waals surface area (Å²) in [7, 11) is 1.52. The lowest BCUT2D eigenvalue weighted by atomic mass is 10.2. The Morgan fingerprint density at radius 3 is 2.94 bits per heavy atom. The van der Waals surface area contributed by atoms with Crippen molar-refractivity contribution in [2.24, 2.45) is 0 Å². The summed E-state index contributed by atoms with van der Waals surface area (Å²) in [6, 6.07) is 0.361. The van der Waals surface area contributed by atoms with Crippen molar-refractivity contribution < 1.29 is 14.6 Å². The zero-order valence-electron chi connectivity index (χ0n) is 10.1. The van der Waals surface area contributed by atoms with Crippen LogP contribution in [0.5, 0.6) is 0 Å². The Hall–Kier alpha value is -0.650. The molecule has 1 aliphatic heterocycles. The first kappa shape index (κ1) is 13.4. The third-order valence-electron chi connectivity index (χ3n) is 2.99. The molecule has 1 amide bonds. The number of nitrogens with zero attached hydrogens (tertiary/aromatic N) is 1. The van der Waals surface area contributed by atoms with Gasteiger partial charge in [0.25, 0.3) is 5.91 Å². The van der Waals surface area contributed by atoms with Gasteiger partial charge in [0.2, 0.25) is 0 Å². The van der Waals surface area contributed by atoms with Crippen LogP contribution < -0.4 is 5.32 Å². The van der Waals surface area contributed by atoms with Crippen molar-refractivity contribution in [1.29, 1.82) is 0 Å². The molecule has 1 saturated heterocycles. The van der Waals surface area contributed by atoms with Crippen molar-refractivity contribution in [3.8, 4) is 0 Å². The SMILES string of the molecule is COC(C)C(=O)N(CCO)CC1CCCN1.